The highest BCUT2D eigenvalue weighted by atomic mass is 79.9. The van der Waals surface area contributed by atoms with E-state index in [1.165, 1.54) is 0 Å². The molecular weight excluding hydrogens is 253 g/mol. The number of nitrogens with one attached hydrogen (secondary N) is 1. The number of anilines is 1. The summed E-state index contributed by atoms with van der Waals surface area (Å²) in [7, 11) is 0. The van der Waals surface area contributed by atoms with E-state index >= 15 is 0 Å². The Kier molecular flexibility index (Phi) is 4.03. The molecule has 0 aliphatic carbocycles. The van der Waals surface area contributed by atoms with Crippen molar-refractivity contribution in [3.63, 3.8) is 0 Å². The zero-order chi connectivity index (χ0) is 9.84. The van der Waals surface area contributed by atoms with Gasteiger partial charge in [-0.2, -0.15) is 0 Å². The van der Waals surface area contributed by atoms with Gasteiger partial charge in [0.05, 0.1) is 16.8 Å². The fourth-order valence-corrected chi connectivity index (χ4v) is 1.44. The fraction of sp³-hybridized carbons (Fsp3) is 0.333. The molecular formula is C9H11BrClNO. The molecule has 0 bridgehead atoms. The number of rotatable bonds is 3. The second-order valence-electron chi connectivity index (χ2n) is 2.85. The largest absolute Gasteiger partial charge is 0.392 e. The van der Waals surface area contributed by atoms with Gasteiger partial charge in [-0.1, -0.05) is 27.5 Å². The number of aliphatic hydroxyl groups excluding tert-OH is 1. The molecule has 0 unspecified atom stereocenters. The Morgan fingerprint density at radius 2 is 2.31 bits per heavy atom. The third-order valence-corrected chi connectivity index (χ3v) is 2.34. The lowest BCUT2D eigenvalue weighted by Crippen LogP contribution is -2.15. The van der Waals surface area contributed by atoms with Gasteiger partial charge in [0.1, 0.15) is 0 Å². The van der Waals surface area contributed by atoms with E-state index < -0.39 is 0 Å². The number of aliphatic hydroxyl groups is 1. The zero-order valence-corrected chi connectivity index (χ0v) is 9.56. The first kappa shape index (κ1) is 10.8. The maximum absolute atomic E-state index is 9.06. The van der Waals surface area contributed by atoms with Gasteiger partial charge < -0.3 is 10.4 Å². The lowest BCUT2D eigenvalue weighted by molar-refractivity contribution is 0.208. The highest BCUT2D eigenvalue weighted by molar-refractivity contribution is 9.10. The van der Waals surface area contributed by atoms with Crippen LogP contribution in [-0.2, 0) is 0 Å². The van der Waals surface area contributed by atoms with E-state index in [1.54, 1.807) is 13.0 Å². The van der Waals surface area contributed by atoms with Crippen LogP contribution >= 0.6 is 27.5 Å². The van der Waals surface area contributed by atoms with E-state index in [1.807, 2.05) is 12.1 Å². The zero-order valence-electron chi connectivity index (χ0n) is 7.22. The Labute approximate surface area is 91.0 Å². The van der Waals surface area contributed by atoms with Crippen LogP contribution in [0.4, 0.5) is 5.69 Å². The minimum Gasteiger partial charge on any atom is -0.392 e. The van der Waals surface area contributed by atoms with Crippen molar-refractivity contribution in [2.24, 2.45) is 0 Å². The average Bonchev–Trinajstić information content (AvgIpc) is 2.06. The van der Waals surface area contributed by atoms with Gasteiger partial charge >= 0.3 is 0 Å². The summed E-state index contributed by atoms with van der Waals surface area (Å²) in [5.41, 5.74) is 0.831. The molecule has 2 N–H and O–H groups in total. The number of benzene rings is 1. The van der Waals surface area contributed by atoms with E-state index in [4.69, 9.17) is 16.7 Å². The Morgan fingerprint density at radius 3 is 2.92 bits per heavy atom. The van der Waals surface area contributed by atoms with Crippen LogP contribution in [0.1, 0.15) is 6.92 Å². The second kappa shape index (κ2) is 4.84. The first-order valence-corrected chi connectivity index (χ1v) is 5.13. The molecule has 0 saturated heterocycles. The first-order valence-electron chi connectivity index (χ1n) is 3.96. The summed E-state index contributed by atoms with van der Waals surface area (Å²) in [6.07, 6.45) is -0.380. The van der Waals surface area contributed by atoms with Crippen LogP contribution in [0, 0.1) is 0 Å². The number of hydrogen-bond donors (Lipinski definition) is 2. The monoisotopic (exact) mass is 263 g/mol. The lowest BCUT2D eigenvalue weighted by atomic mass is 10.3. The van der Waals surface area contributed by atoms with Crippen molar-refractivity contribution in [2.45, 2.75) is 13.0 Å². The van der Waals surface area contributed by atoms with Crippen molar-refractivity contribution >= 4 is 33.2 Å². The summed E-state index contributed by atoms with van der Waals surface area (Å²) in [6.45, 7) is 2.22. The third kappa shape index (κ3) is 3.55. The maximum Gasteiger partial charge on any atom is 0.0684 e. The van der Waals surface area contributed by atoms with Crippen molar-refractivity contribution in [1.82, 2.24) is 0 Å². The molecule has 0 aromatic heterocycles. The van der Waals surface area contributed by atoms with E-state index in [-0.39, 0.29) is 6.10 Å². The number of hydrogen-bond acceptors (Lipinski definition) is 2. The van der Waals surface area contributed by atoms with Gasteiger partial charge in [-0.15, -0.1) is 0 Å². The van der Waals surface area contributed by atoms with Gasteiger partial charge in [0.2, 0.25) is 0 Å². The van der Waals surface area contributed by atoms with Crippen molar-refractivity contribution in [3.8, 4) is 0 Å². The summed E-state index contributed by atoms with van der Waals surface area (Å²) in [6, 6.07) is 5.55. The van der Waals surface area contributed by atoms with Gasteiger partial charge in [0, 0.05) is 11.0 Å². The number of halogens is 2. The van der Waals surface area contributed by atoms with Crippen LogP contribution in [0.5, 0.6) is 0 Å². The molecule has 4 heteroatoms. The quantitative estimate of drug-likeness (QED) is 0.880. The molecule has 0 aliphatic heterocycles. The average molecular weight is 265 g/mol. The van der Waals surface area contributed by atoms with Crippen LogP contribution in [-0.4, -0.2) is 17.8 Å². The van der Waals surface area contributed by atoms with Crippen molar-refractivity contribution < 1.29 is 5.11 Å². The van der Waals surface area contributed by atoms with Crippen molar-refractivity contribution in [3.05, 3.63) is 27.7 Å². The minimum absolute atomic E-state index is 0.380. The maximum atomic E-state index is 9.06. The molecule has 1 atom stereocenters. The molecule has 0 heterocycles. The normalized spacial score (nSPS) is 12.6. The van der Waals surface area contributed by atoms with Gasteiger partial charge in [-0.25, -0.2) is 0 Å². The van der Waals surface area contributed by atoms with Crippen LogP contribution < -0.4 is 5.32 Å². The Hall–Kier alpha value is -0.250. The molecule has 0 aliphatic rings. The van der Waals surface area contributed by atoms with Gasteiger partial charge in [-0.05, 0) is 25.1 Å². The van der Waals surface area contributed by atoms with Crippen LogP contribution in [0.2, 0.25) is 5.02 Å². The highest BCUT2D eigenvalue weighted by Gasteiger charge is 2.01. The fourth-order valence-electron chi connectivity index (χ4n) is 0.891. The summed E-state index contributed by atoms with van der Waals surface area (Å²) in [5, 5.41) is 12.8. The van der Waals surface area contributed by atoms with Gasteiger partial charge in [0.25, 0.3) is 0 Å². The molecule has 0 amide bonds. The molecule has 0 fully saturated rings. The van der Waals surface area contributed by atoms with Crippen LogP contribution in [0.3, 0.4) is 0 Å². The van der Waals surface area contributed by atoms with E-state index in [2.05, 4.69) is 21.2 Å². The molecule has 1 aromatic rings. The summed E-state index contributed by atoms with van der Waals surface area (Å²) >= 11 is 9.26. The Morgan fingerprint density at radius 1 is 1.62 bits per heavy atom. The first-order chi connectivity index (χ1) is 6.09. The third-order valence-electron chi connectivity index (χ3n) is 1.52. The van der Waals surface area contributed by atoms with E-state index in [9.17, 15) is 0 Å². The summed E-state index contributed by atoms with van der Waals surface area (Å²) in [5.74, 6) is 0. The van der Waals surface area contributed by atoms with Crippen molar-refractivity contribution in [1.29, 1.82) is 0 Å². The molecule has 0 radical (unpaired) electrons. The second-order valence-corrected chi connectivity index (χ2v) is 4.18. The predicted octanol–water partition coefficient (Wildman–Crippen LogP) is 2.90. The molecule has 1 aromatic carbocycles. The molecule has 2 nitrogen and oxygen atoms in total. The molecule has 13 heavy (non-hydrogen) atoms. The standard InChI is InChI=1S/C9H11BrClNO/c1-6(13)5-12-9-4-7(10)2-3-8(9)11/h2-4,6,12-13H,5H2,1H3/t6-/m1/s1. The predicted molar refractivity (Wildman–Crippen MR) is 59.3 cm³/mol. The SMILES string of the molecule is C[C@@H](O)CNc1cc(Br)ccc1Cl. The molecule has 0 saturated carbocycles. The van der Waals surface area contributed by atoms with Gasteiger partial charge in [0.15, 0.2) is 0 Å². The summed E-state index contributed by atoms with van der Waals surface area (Å²) < 4.78 is 0.963. The molecule has 72 valence electrons. The molecule has 0 spiro atoms. The van der Waals surface area contributed by atoms with E-state index in [0.717, 1.165) is 10.2 Å². The van der Waals surface area contributed by atoms with Crippen LogP contribution in [0.25, 0.3) is 0 Å². The van der Waals surface area contributed by atoms with Gasteiger partial charge in [-0.3, -0.25) is 0 Å². The van der Waals surface area contributed by atoms with Crippen molar-refractivity contribution in [2.75, 3.05) is 11.9 Å². The van der Waals surface area contributed by atoms with Crippen LogP contribution in [0.15, 0.2) is 22.7 Å². The van der Waals surface area contributed by atoms with E-state index in [0.29, 0.717) is 11.6 Å². The Bertz CT molecular complexity index is 291. The Balaban J connectivity index is 2.70. The highest BCUT2D eigenvalue weighted by Crippen LogP contribution is 2.25. The lowest BCUT2D eigenvalue weighted by Gasteiger charge is -2.10. The molecule has 1 rings (SSSR count). The summed E-state index contributed by atoms with van der Waals surface area (Å²) in [4.78, 5) is 0. The minimum atomic E-state index is -0.380. The smallest absolute Gasteiger partial charge is 0.0684 e. The topological polar surface area (TPSA) is 32.3 Å².